The van der Waals surface area contributed by atoms with Gasteiger partial charge < -0.3 is 9.80 Å². The van der Waals surface area contributed by atoms with Gasteiger partial charge in [-0.15, -0.1) is 0 Å². The van der Waals surface area contributed by atoms with Crippen LogP contribution in [-0.4, -0.2) is 46.8 Å². The lowest BCUT2D eigenvalue weighted by Crippen LogP contribution is -2.36. The van der Waals surface area contributed by atoms with Gasteiger partial charge >= 0.3 is 0 Å². The lowest BCUT2D eigenvalue weighted by Gasteiger charge is -2.22. The minimum atomic E-state index is -0.325. The fraction of sp³-hybridized carbons (Fsp3) is 0.273. The average Bonchev–Trinajstić information content (AvgIpc) is 3.13. The highest BCUT2D eigenvalue weighted by atomic mass is 16.2. The molecule has 1 saturated heterocycles. The van der Waals surface area contributed by atoms with Crippen molar-refractivity contribution in [3.63, 3.8) is 0 Å². The second-order valence-corrected chi connectivity index (χ2v) is 7.12. The van der Waals surface area contributed by atoms with E-state index in [1.165, 1.54) is 0 Å². The largest absolute Gasteiger partial charge is 0.345 e. The molecular weight excluding hydrogens is 352 g/mol. The van der Waals surface area contributed by atoms with E-state index in [2.05, 4.69) is 9.97 Å². The van der Waals surface area contributed by atoms with Crippen LogP contribution in [0.4, 0.5) is 5.69 Å². The van der Waals surface area contributed by atoms with Crippen LogP contribution in [-0.2, 0) is 16.0 Å². The molecule has 2 amide bonds. The molecule has 1 aliphatic rings. The zero-order valence-corrected chi connectivity index (χ0v) is 15.8. The summed E-state index contributed by atoms with van der Waals surface area (Å²) in [4.78, 5) is 37.4. The molecule has 3 aromatic rings. The van der Waals surface area contributed by atoms with Gasteiger partial charge in [0.25, 0.3) is 0 Å². The van der Waals surface area contributed by atoms with Crippen LogP contribution in [0.5, 0.6) is 0 Å². The maximum atomic E-state index is 12.9. The van der Waals surface area contributed by atoms with Crippen molar-refractivity contribution in [2.24, 2.45) is 5.92 Å². The Hall–Kier alpha value is -3.28. The van der Waals surface area contributed by atoms with Crippen molar-refractivity contribution in [3.05, 3.63) is 66.6 Å². The summed E-state index contributed by atoms with van der Waals surface area (Å²) in [7, 11) is 1.80. The van der Waals surface area contributed by atoms with Gasteiger partial charge in [-0.05, 0) is 36.2 Å². The lowest BCUT2D eigenvalue weighted by molar-refractivity contribution is -0.134. The van der Waals surface area contributed by atoms with Gasteiger partial charge in [0.15, 0.2) is 0 Å². The number of fused-ring (bicyclic) bond motifs is 1. The van der Waals surface area contributed by atoms with Crippen molar-refractivity contribution < 1.29 is 9.59 Å². The number of carbonyl (C=O) groups is 2. The number of rotatable bonds is 5. The number of hydrogen-bond acceptors (Lipinski definition) is 4. The number of aromatic nitrogens is 2. The summed E-state index contributed by atoms with van der Waals surface area (Å²) in [6.07, 6.45) is 6.23. The maximum absolute atomic E-state index is 12.9. The smallest absolute Gasteiger partial charge is 0.227 e. The fourth-order valence-electron chi connectivity index (χ4n) is 3.68. The average molecular weight is 374 g/mol. The predicted octanol–water partition coefficient (Wildman–Crippen LogP) is 2.68. The Labute approximate surface area is 163 Å². The van der Waals surface area contributed by atoms with Gasteiger partial charge in [0.2, 0.25) is 11.8 Å². The highest BCUT2D eigenvalue weighted by Crippen LogP contribution is 2.31. The molecule has 1 unspecified atom stereocenters. The summed E-state index contributed by atoms with van der Waals surface area (Å²) in [6, 6.07) is 13.5. The van der Waals surface area contributed by atoms with Gasteiger partial charge in [-0.3, -0.25) is 19.6 Å². The maximum Gasteiger partial charge on any atom is 0.227 e. The SMILES string of the molecule is CN(CCc1ccncc1)C(=O)C1CC(=O)N(c2cccc3cccnc23)C1. The van der Waals surface area contributed by atoms with Crippen LogP contribution in [0.2, 0.25) is 0 Å². The molecule has 1 aromatic carbocycles. The van der Waals surface area contributed by atoms with Crippen molar-refractivity contribution in [2.45, 2.75) is 12.8 Å². The van der Waals surface area contributed by atoms with Crippen LogP contribution in [0.25, 0.3) is 10.9 Å². The monoisotopic (exact) mass is 374 g/mol. The highest BCUT2D eigenvalue weighted by Gasteiger charge is 2.37. The van der Waals surface area contributed by atoms with Crippen LogP contribution < -0.4 is 4.90 Å². The van der Waals surface area contributed by atoms with E-state index < -0.39 is 0 Å². The number of hydrogen-bond donors (Lipinski definition) is 0. The molecule has 1 fully saturated rings. The molecule has 142 valence electrons. The van der Waals surface area contributed by atoms with E-state index in [9.17, 15) is 9.59 Å². The van der Waals surface area contributed by atoms with E-state index >= 15 is 0 Å². The molecule has 0 bridgehead atoms. The van der Waals surface area contributed by atoms with Crippen LogP contribution in [0.15, 0.2) is 61.1 Å². The molecule has 0 radical (unpaired) electrons. The zero-order valence-electron chi connectivity index (χ0n) is 15.8. The van der Waals surface area contributed by atoms with E-state index in [1.807, 2.05) is 42.5 Å². The van der Waals surface area contributed by atoms with E-state index in [0.29, 0.717) is 13.1 Å². The second-order valence-electron chi connectivity index (χ2n) is 7.12. The third-order valence-electron chi connectivity index (χ3n) is 5.24. The second kappa shape index (κ2) is 7.76. The summed E-state index contributed by atoms with van der Waals surface area (Å²) in [6.45, 7) is 1.01. The van der Waals surface area contributed by atoms with E-state index in [1.54, 1.807) is 35.4 Å². The van der Waals surface area contributed by atoms with Gasteiger partial charge in [0.05, 0.1) is 17.1 Å². The Balaban J connectivity index is 1.46. The first-order chi connectivity index (χ1) is 13.6. The minimum absolute atomic E-state index is 0.0121. The van der Waals surface area contributed by atoms with Gasteiger partial charge in [0, 0.05) is 50.5 Å². The summed E-state index contributed by atoms with van der Waals surface area (Å²) in [5.41, 5.74) is 2.70. The van der Waals surface area contributed by atoms with Crippen molar-refractivity contribution in [2.75, 3.05) is 25.0 Å². The van der Waals surface area contributed by atoms with Crippen molar-refractivity contribution in [1.82, 2.24) is 14.9 Å². The molecule has 0 aliphatic carbocycles. The first-order valence-electron chi connectivity index (χ1n) is 9.41. The molecule has 6 nitrogen and oxygen atoms in total. The van der Waals surface area contributed by atoms with Crippen LogP contribution >= 0.6 is 0 Å². The molecule has 3 heterocycles. The molecule has 0 saturated carbocycles. The van der Waals surface area contributed by atoms with E-state index in [4.69, 9.17) is 0 Å². The normalized spacial score (nSPS) is 16.5. The first kappa shape index (κ1) is 18.1. The van der Waals surface area contributed by atoms with Gasteiger partial charge in [-0.2, -0.15) is 0 Å². The molecule has 1 aliphatic heterocycles. The standard InChI is InChI=1S/C22H22N4O2/c1-25(13-9-16-7-11-23-12-8-16)22(28)18-14-20(27)26(15-18)19-6-2-4-17-5-3-10-24-21(17)19/h2-8,10-12,18H,9,13-15H2,1H3. The molecule has 0 spiro atoms. The van der Waals surface area contributed by atoms with Crippen LogP contribution in [0, 0.1) is 5.92 Å². The Morgan fingerprint density at radius 3 is 2.75 bits per heavy atom. The molecule has 1 atom stereocenters. The fourth-order valence-corrected chi connectivity index (χ4v) is 3.68. The molecule has 4 rings (SSSR count). The number of para-hydroxylation sites is 1. The number of benzene rings is 1. The van der Waals surface area contributed by atoms with Crippen LogP contribution in [0.1, 0.15) is 12.0 Å². The Morgan fingerprint density at radius 1 is 1.14 bits per heavy atom. The molecule has 6 heteroatoms. The molecular formula is C22H22N4O2. The molecule has 28 heavy (non-hydrogen) atoms. The molecule has 0 N–H and O–H groups in total. The number of pyridine rings is 2. The number of amides is 2. The van der Waals surface area contributed by atoms with Gasteiger partial charge in [0.1, 0.15) is 0 Å². The van der Waals surface area contributed by atoms with Crippen LogP contribution in [0.3, 0.4) is 0 Å². The van der Waals surface area contributed by atoms with E-state index in [0.717, 1.165) is 28.6 Å². The third-order valence-corrected chi connectivity index (χ3v) is 5.24. The summed E-state index contributed by atoms with van der Waals surface area (Å²) < 4.78 is 0. The quantitative estimate of drug-likeness (QED) is 0.689. The Kier molecular flexibility index (Phi) is 5.02. The Morgan fingerprint density at radius 2 is 1.93 bits per heavy atom. The summed E-state index contributed by atoms with van der Waals surface area (Å²) in [5.74, 6) is -0.342. The van der Waals surface area contributed by atoms with Crippen molar-refractivity contribution in [1.29, 1.82) is 0 Å². The zero-order chi connectivity index (χ0) is 19.5. The lowest BCUT2D eigenvalue weighted by atomic mass is 10.1. The highest BCUT2D eigenvalue weighted by molar-refractivity contribution is 6.05. The summed E-state index contributed by atoms with van der Waals surface area (Å²) in [5, 5.41) is 0.983. The Bertz CT molecular complexity index is 1000. The topological polar surface area (TPSA) is 66.4 Å². The number of nitrogens with zero attached hydrogens (tertiary/aromatic N) is 4. The third kappa shape index (κ3) is 3.58. The van der Waals surface area contributed by atoms with E-state index in [-0.39, 0.29) is 24.2 Å². The predicted molar refractivity (Wildman–Crippen MR) is 108 cm³/mol. The molecule has 2 aromatic heterocycles. The number of anilines is 1. The number of carbonyl (C=O) groups excluding carboxylic acids is 2. The van der Waals surface area contributed by atoms with Gasteiger partial charge in [-0.1, -0.05) is 18.2 Å². The number of likely N-dealkylation sites (N-methyl/N-ethyl adjacent to an activating group) is 1. The first-order valence-corrected chi connectivity index (χ1v) is 9.41. The van der Waals surface area contributed by atoms with Crippen molar-refractivity contribution >= 4 is 28.4 Å². The van der Waals surface area contributed by atoms with Crippen molar-refractivity contribution in [3.8, 4) is 0 Å². The summed E-state index contributed by atoms with van der Waals surface area (Å²) >= 11 is 0. The minimum Gasteiger partial charge on any atom is -0.345 e. The van der Waals surface area contributed by atoms with Gasteiger partial charge in [-0.25, -0.2) is 0 Å².